The predicted molar refractivity (Wildman–Crippen MR) is 76.4 cm³/mol. The first kappa shape index (κ1) is 14.0. The van der Waals surface area contributed by atoms with Gasteiger partial charge in [0.05, 0.1) is 10.5 Å². The highest BCUT2D eigenvalue weighted by Crippen LogP contribution is 2.23. The number of anilines is 1. The van der Waals surface area contributed by atoms with Crippen molar-refractivity contribution in [1.82, 2.24) is 0 Å². The fourth-order valence-electron chi connectivity index (χ4n) is 1.73. The largest absolute Gasteiger partial charge is 0.478 e. The number of aryl methyl sites for hydroxylation is 1. The molecule has 2 aromatic rings. The van der Waals surface area contributed by atoms with Crippen molar-refractivity contribution in [3.05, 3.63) is 55.8 Å². The lowest BCUT2D eigenvalue weighted by atomic mass is 10.2. The second-order valence-electron chi connectivity index (χ2n) is 4.22. The molecule has 0 aliphatic rings. The van der Waals surface area contributed by atoms with Gasteiger partial charge in [0.1, 0.15) is 0 Å². The van der Waals surface area contributed by atoms with Gasteiger partial charge >= 0.3 is 5.97 Å². The minimum absolute atomic E-state index is 0.0531. The summed E-state index contributed by atoms with van der Waals surface area (Å²) < 4.78 is 0. The van der Waals surface area contributed by atoms with Crippen LogP contribution in [0.1, 0.15) is 20.8 Å². The molecule has 0 amide bonds. The van der Waals surface area contributed by atoms with Crippen LogP contribution in [-0.2, 0) is 6.54 Å². The molecule has 0 atom stereocenters. The Kier molecular flexibility index (Phi) is 3.99. The zero-order valence-electron chi connectivity index (χ0n) is 10.6. The van der Waals surface area contributed by atoms with E-state index in [0.717, 1.165) is 16.1 Å². The van der Waals surface area contributed by atoms with Gasteiger partial charge in [-0.1, -0.05) is 0 Å². The van der Waals surface area contributed by atoms with Crippen LogP contribution < -0.4 is 5.32 Å². The van der Waals surface area contributed by atoms with Crippen molar-refractivity contribution in [2.24, 2.45) is 0 Å². The van der Waals surface area contributed by atoms with Crippen LogP contribution in [0.5, 0.6) is 0 Å². The summed E-state index contributed by atoms with van der Waals surface area (Å²) in [6.45, 7) is 2.27. The Balaban J connectivity index is 2.06. The van der Waals surface area contributed by atoms with Gasteiger partial charge in [-0.2, -0.15) is 0 Å². The van der Waals surface area contributed by atoms with Crippen molar-refractivity contribution in [1.29, 1.82) is 0 Å². The molecule has 1 heterocycles. The maximum absolute atomic E-state index is 10.8. The first-order valence-corrected chi connectivity index (χ1v) is 6.65. The van der Waals surface area contributed by atoms with Crippen molar-refractivity contribution < 1.29 is 14.8 Å². The number of nitrogens with zero attached hydrogens (tertiary/aromatic N) is 1. The fourth-order valence-corrected chi connectivity index (χ4v) is 2.53. The van der Waals surface area contributed by atoms with Crippen molar-refractivity contribution in [3.63, 3.8) is 0 Å². The first-order chi connectivity index (χ1) is 9.47. The Morgan fingerprint density at radius 2 is 2.20 bits per heavy atom. The molecule has 0 saturated carbocycles. The van der Waals surface area contributed by atoms with E-state index in [1.807, 2.05) is 0 Å². The monoisotopic (exact) mass is 292 g/mol. The van der Waals surface area contributed by atoms with E-state index in [4.69, 9.17) is 5.11 Å². The number of nitro groups is 1. The number of carboxylic acids is 1. The number of thiophene rings is 1. The summed E-state index contributed by atoms with van der Waals surface area (Å²) >= 11 is 1.36. The zero-order chi connectivity index (χ0) is 14.7. The van der Waals surface area contributed by atoms with Crippen LogP contribution in [0.2, 0.25) is 0 Å². The lowest BCUT2D eigenvalue weighted by molar-refractivity contribution is -0.384. The average molecular weight is 292 g/mol. The number of nitro benzene ring substituents is 1. The predicted octanol–water partition coefficient (Wildman–Crippen LogP) is 3.28. The molecular formula is C13H12N2O4S. The minimum Gasteiger partial charge on any atom is -0.478 e. The van der Waals surface area contributed by atoms with Crippen molar-refractivity contribution in [2.75, 3.05) is 5.32 Å². The van der Waals surface area contributed by atoms with E-state index in [0.29, 0.717) is 6.54 Å². The van der Waals surface area contributed by atoms with Gasteiger partial charge in [-0.05, 0) is 24.6 Å². The number of rotatable bonds is 5. The second kappa shape index (κ2) is 5.70. The summed E-state index contributed by atoms with van der Waals surface area (Å²) in [5.41, 5.74) is 1.89. The number of hydrogen-bond acceptors (Lipinski definition) is 5. The second-order valence-corrected chi connectivity index (χ2v) is 5.21. The minimum atomic E-state index is -0.945. The third-order valence-electron chi connectivity index (χ3n) is 2.77. The number of benzene rings is 1. The number of nitrogens with one attached hydrogen (secondary N) is 1. The number of hydrogen-bond donors (Lipinski definition) is 2. The zero-order valence-corrected chi connectivity index (χ0v) is 11.4. The van der Waals surface area contributed by atoms with E-state index >= 15 is 0 Å². The molecule has 2 rings (SSSR count). The fraction of sp³-hybridized carbons (Fsp3) is 0.154. The number of aromatic carboxylic acids is 1. The van der Waals surface area contributed by atoms with Gasteiger partial charge in [-0.25, -0.2) is 4.79 Å². The van der Waals surface area contributed by atoms with Gasteiger partial charge in [0.25, 0.3) is 5.69 Å². The Labute approximate surface area is 118 Å². The molecular weight excluding hydrogens is 280 g/mol. The molecule has 0 aliphatic heterocycles. The quantitative estimate of drug-likeness (QED) is 0.651. The smallest absolute Gasteiger partial charge is 0.336 e. The molecule has 0 aliphatic carbocycles. The molecule has 7 heteroatoms. The SMILES string of the molecule is Cc1cc([N+](=O)[O-])ccc1NCc1cc(C(=O)O)cs1. The average Bonchev–Trinajstić information content (AvgIpc) is 2.86. The van der Waals surface area contributed by atoms with E-state index in [9.17, 15) is 14.9 Å². The third kappa shape index (κ3) is 3.12. The van der Waals surface area contributed by atoms with E-state index in [1.165, 1.54) is 23.5 Å². The lowest BCUT2D eigenvalue weighted by Crippen LogP contribution is -2.00. The molecule has 0 bridgehead atoms. The highest BCUT2D eigenvalue weighted by molar-refractivity contribution is 7.10. The van der Waals surface area contributed by atoms with Crippen molar-refractivity contribution in [2.45, 2.75) is 13.5 Å². The Morgan fingerprint density at radius 1 is 1.45 bits per heavy atom. The number of carboxylic acid groups (broad SMARTS) is 1. The summed E-state index contributed by atoms with van der Waals surface area (Å²) in [4.78, 5) is 21.9. The summed E-state index contributed by atoms with van der Waals surface area (Å²) in [5, 5.41) is 24.2. The summed E-state index contributed by atoms with van der Waals surface area (Å²) in [7, 11) is 0. The Bertz CT molecular complexity index is 666. The molecule has 0 unspecified atom stereocenters. The highest BCUT2D eigenvalue weighted by Gasteiger charge is 2.09. The third-order valence-corrected chi connectivity index (χ3v) is 3.71. The van der Waals surface area contributed by atoms with Gasteiger partial charge < -0.3 is 10.4 Å². The van der Waals surface area contributed by atoms with E-state index < -0.39 is 10.9 Å². The van der Waals surface area contributed by atoms with Crippen LogP contribution in [-0.4, -0.2) is 16.0 Å². The van der Waals surface area contributed by atoms with Crippen LogP contribution in [0.15, 0.2) is 29.6 Å². The van der Waals surface area contributed by atoms with E-state index in [1.54, 1.807) is 24.4 Å². The molecule has 1 aromatic heterocycles. The molecule has 2 N–H and O–H groups in total. The van der Waals surface area contributed by atoms with Crippen molar-refractivity contribution in [3.8, 4) is 0 Å². The number of carbonyl (C=O) groups is 1. The van der Waals surface area contributed by atoms with Crippen LogP contribution in [0, 0.1) is 17.0 Å². The Morgan fingerprint density at radius 3 is 2.75 bits per heavy atom. The summed E-state index contributed by atoms with van der Waals surface area (Å²) in [6, 6.07) is 6.20. The first-order valence-electron chi connectivity index (χ1n) is 5.77. The van der Waals surface area contributed by atoms with Crippen LogP contribution in [0.3, 0.4) is 0 Å². The summed E-state index contributed by atoms with van der Waals surface area (Å²) in [5.74, 6) is -0.945. The normalized spacial score (nSPS) is 10.2. The molecule has 104 valence electrons. The summed E-state index contributed by atoms with van der Waals surface area (Å²) in [6.07, 6.45) is 0. The maximum Gasteiger partial charge on any atom is 0.336 e. The van der Waals surface area contributed by atoms with Crippen LogP contribution in [0.4, 0.5) is 11.4 Å². The molecule has 0 saturated heterocycles. The van der Waals surface area contributed by atoms with Crippen LogP contribution in [0.25, 0.3) is 0 Å². The van der Waals surface area contributed by atoms with E-state index in [-0.39, 0.29) is 11.3 Å². The highest BCUT2D eigenvalue weighted by atomic mass is 32.1. The number of non-ortho nitro benzene ring substituents is 1. The molecule has 1 aromatic carbocycles. The van der Waals surface area contributed by atoms with E-state index in [2.05, 4.69) is 5.32 Å². The lowest BCUT2D eigenvalue weighted by Gasteiger charge is -2.08. The maximum atomic E-state index is 10.8. The van der Waals surface area contributed by atoms with Gasteiger partial charge in [0.15, 0.2) is 0 Å². The van der Waals surface area contributed by atoms with Gasteiger partial charge in [-0.3, -0.25) is 10.1 Å². The van der Waals surface area contributed by atoms with Gasteiger partial charge in [-0.15, -0.1) is 11.3 Å². The van der Waals surface area contributed by atoms with Crippen LogP contribution >= 0.6 is 11.3 Å². The molecule has 0 spiro atoms. The Hall–Kier alpha value is -2.41. The molecule has 0 fully saturated rings. The molecule has 0 radical (unpaired) electrons. The molecule has 20 heavy (non-hydrogen) atoms. The standard InChI is InChI=1S/C13H12N2O4S/c1-8-4-10(15(18)19)2-3-12(8)14-6-11-5-9(7-20-11)13(16)17/h2-5,7,14H,6H2,1H3,(H,16,17). The van der Waals surface area contributed by atoms with Gasteiger partial charge in [0.2, 0.25) is 0 Å². The van der Waals surface area contributed by atoms with Gasteiger partial charge in [0, 0.05) is 34.6 Å². The molecule has 6 nitrogen and oxygen atoms in total. The topological polar surface area (TPSA) is 92.5 Å². The van der Waals surface area contributed by atoms with Crippen molar-refractivity contribution >= 4 is 28.7 Å².